The highest BCUT2D eigenvalue weighted by molar-refractivity contribution is 5.95. The summed E-state index contributed by atoms with van der Waals surface area (Å²) in [4.78, 5) is 22.4. The lowest BCUT2D eigenvalue weighted by Gasteiger charge is -2.11. The highest BCUT2D eigenvalue weighted by Crippen LogP contribution is 2.13. The van der Waals surface area contributed by atoms with E-state index >= 15 is 0 Å². The summed E-state index contributed by atoms with van der Waals surface area (Å²) in [5.74, 6) is -0.993. The fourth-order valence-electron chi connectivity index (χ4n) is 2.15. The number of aliphatic carboxylic acids is 1. The van der Waals surface area contributed by atoms with Crippen LogP contribution in [0.15, 0.2) is 24.3 Å². The smallest absolute Gasteiger partial charge is 0.303 e. The number of hydrogen-bond acceptors (Lipinski definition) is 4. The van der Waals surface area contributed by atoms with Gasteiger partial charge in [-0.15, -0.1) is 0 Å². The molecule has 1 aliphatic heterocycles. The van der Waals surface area contributed by atoms with Crippen LogP contribution in [0.3, 0.4) is 0 Å². The molecule has 1 saturated heterocycles. The summed E-state index contributed by atoms with van der Waals surface area (Å²) in [6, 6.07) is 6.74. The second-order valence-corrected chi connectivity index (χ2v) is 4.93. The van der Waals surface area contributed by atoms with Gasteiger partial charge in [0.2, 0.25) is 5.91 Å². The van der Waals surface area contributed by atoms with Crippen molar-refractivity contribution < 1.29 is 19.8 Å². The molecule has 6 nitrogen and oxygen atoms in total. The Morgan fingerprint density at radius 2 is 2.00 bits per heavy atom. The number of aliphatic hydroxyl groups is 1. The Kier molecular flexibility index (Phi) is 4.70. The summed E-state index contributed by atoms with van der Waals surface area (Å²) < 4.78 is 0. The van der Waals surface area contributed by atoms with Gasteiger partial charge in [0.1, 0.15) is 0 Å². The minimum Gasteiger partial charge on any atom is -0.481 e. The molecule has 0 bridgehead atoms. The number of rotatable bonds is 5. The molecule has 1 aromatic carbocycles. The topological polar surface area (TPSA) is 98.7 Å². The molecule has 6 heteroatoms. The minimum absolute atomic E-state index is 0.0928. The lowest BCUT2D eigenvalue weighted by Crippen LogP contribution is -2.35. The number of amides is 1. The molecule has 0 spiro atoms. The molecule has 2 unspecified atom stereocenters. The number of nitrogens with one attached hydrogen (secondary N) is 2. The van der Waals surface area contributed by atoms with Crippen LogP contribution in [0.1, 0.15) is 18.4 Å². The minimum atomic E-state index is -0.826. The van der Waals surface area contributed by atoms with Gasteiger partial charge in [0, 0.05) is 18.7 Å². The lowest BCUT2D eigenvalue weighted by molar-refractivity contribution is -0.137. The van der Waals surface area contributed by atoms with Crippen LogP contribution in [0.2, 0.25) is 0 Å². The zero-order chi connectivity index (χ0) is 14.5. The van der Waals surface area contributed by atoms with Crippen LogP contribution in [0.4, 0.5) is 5.69 Å². The molecule has 108 valence electrons. The van der Waals surface area contributed by atoms with Crippen molar-refractivity contribution in [2.45, 2.75) is 31.4 Å². The first-order chi connectivity index (χ1) is 9.54. The molecule has 2 atom stereocenters. The third-order valence-corrected chi connectivity index (χ3v) is 3.27. The fourth-order valence-corrected chi connectivity index (χ4v) is 2.15. The first kappa shape index (κ1) is 14.5. The quantitative estimate of drug-likeness (QED) is 0.623. The standard InChI is InChI=1S/C14H18N2O4/c17-11-7-12(15-8-11)14(20)16-10-4-1-9(2-5-10)3-6-13(18)19/h1-2,4-5,11-12,15,17H,3,6-8H2,(H,16,20)(H,18,19). The van der Waals surface area contributed by atoms with Crippen molar-refractivity contribution in [3.63, 3.8) is 0 Å². The Morgan fingerprint density at radius 3 is 2.55 bits per heavy atom. The summed E-state index contributed by atoms with van der Waals surface area (Å²) in [7, 11) is 0. The van der Waals surface area contributed by atoms with E-state index in [1.807, 2.05) is 0 Å². The maximum absolute atomic E-state index is 11.9. The number of β-amino-alcohol motifs (C(OH)–C–C–N with tert-alkyl or cyclic N) is 1. The Hall–Kier alpha value is -1.92. The van der Waals surface area contributed by atoms with Crippen molar-refractivity contribution in [1.82, 2.24) is 5.32 Å². The number of carboxylic acid groups (broad SMARTS) is 1. The van der Waals surface area contributed by atoms with Crippen molar-refractivity contribution in [3.05, 3.63) is 29.8 Å². The summed E-state index contributed by atoms with van der Waals surface area (Å²) in [6.45, 7) is 0.437. The fraction of sp³-hybridized carbons (Fsp3) is 0.429. The number of benzene rings is 1. The molecule has 0 aromatic heterocycles. The van der Waals surface area contributed by atoms with E-state index in [9.17, 15) is 14.7 Å². The molecule has 2 rings (SSSR count). The van der Waals surface area contributed by atoms with E-state index in [1.165, 1.54) is 0 Å². The maximum Gasteiger partial charge on any atom is 0.303 e. The molecule has 1 aliphatic rings. The van der Waals surface area contributed by atoms with Gasteiger partial charge in [-0.05, 0) is 30.5 Å². The molecule has 4 N–H and O–H groups in total. The van der Waals surface area contributed by atoms with Crippen molar-refractivity contribution in [2.75, 3.05) is 11.9 Å². The van der Waals surface area contributed by atoms with Gasteiger partial charge >= 0.3 is 5.97 Å². The largest absolute Gasteiger partial charge is 0.481 e. The second kappa shape index (κ2) is 6.49. The Labute approximate surface area is 116 Å². The van der Waals surface area contributed by atoms with Crippen molar-refractivity contribution in [1.29, 1.82) is 0 Å². The summed E-state index contributed by atoms with van der Waals surface area (Å²) in [5, 5.41) is 23.7. The average Bonchev–Trinajstić information content (AvgIpc) is 2.85. The van der Waals surface area contributed by atoms with Crippen LogP contribution in [0, 0.1) is 0 Å². The van der Waals surface area contributed by atoms with E-state index in [0.29, 0.717) is 25.1 Å². The third kappa shape index (κ3) is 4.04. The third-order valence-electron chi connectivity index (χ3n) is 3.27. The Balaban J connectivity index is 1.87. The summed E-state index contributed by atoms with van der Waals surface area (Å²) in [5.41, 5.74) is 1.58. The maximum atomic E-state index is 11.9. The number of carbonyl (C=O) groups excluding carboxylic acids is 1. The molecular formula is C14H18N2O4. The van der Waals surface area contributed by atoms with E-state index in [1.54, 1.807) is 24.3 Å². The highest BCUT2D eigenvalue weighted by Gasteiger charge is 2.27. The first-order valence-corrected chi connectivity index (χ1v) is 6.57. The zero-order valence-electron chi connectivity index (χ0n) is 11.0. The first-order valence-electron chi connectivity index (χ1n) is 6.57. The summed E-state index contributed by atoms with van der Waals surface area (Å²) >= 11 is 0. The van der Waals surface area contributed by atoms with Gasteiger partial charge in [0.15, 0.2) is 0 Å². The number of carbonyl (C=O) groups is 2. The van der Waals surface area contributed by atoms with Gasteiger partial charge < -0.3 is 20.8 Å². The normalized spacial score (nSPS) is 21.6. The van der Waals surface area contributed by atoms with Crippen LogP contribution in [0.25, 0.3) is 0 Å². The lowest BCUT2D eigenvalue weighted by atomic mass is 10.1. The number of aliphatic hydroxyl groups excluding tert-OH is 1. The Morgan fingerprint density at radius 1 is 1.30 bits per heavy atom. The molecule has 0 aliphatic carbocycles. The van der Waals surface area contributed by atoms with Crippen LogP contribution in [-0.2, 0) is 16.0 Å². The van der Waals surface area contributed by atoms with E-state index in [2.05, 4.69) is 10.6 Å². The van der Waals surface area contributed by atoms with Crippen LogP contribution in [-0.4, -0.2) is 40.8 Å². The number of carboxylic acids is 1. The average molecular weight is 278 g/mol. The number of hydrogen-bond donors (Lipinski definition) is 4. The van der Waals surface area contributed by atoms with Crippen LogP contribution >= 0.6 is 0 Å². The molecule has 0 saturated carbocycles. The highest BCUT2D eigenvalue weighted by atomic mass is 16.4. The van der Waals surface area contributed by atoms with Crippen molar-refractivity contribution in [3.8, 4) is 0 Å². The molecule has 20 heavy (non-hydrogen) atoms. The molecule has 1 heterocycles. The van der Waals surface area contributed by atoms with Crippen LogP contribution < -0.4 is 10.6 Å². The van der Waals surface area contributed by atoms with E-state index in [0.717, 1.165) is 5.56 Å². The molecule has 0 radical (unpaired) electrons. The number of aryl methyl sites for hydroxylation is 1. The predicted molar refractivity (Wildman–Crippen MR) is 73.4 cm³/mol. The Bertz CT molecular complexity index is 486. The van der Waals surface area contributed by atoms with Crippen molar-refractivity contribution in [2.24, 2.45) is 0 Å². The zero-order valence-corrected chi connectivity index (χ0v) is 11.0. The van der Waals surface area contributed by atoms with E-state index in [4.69, 9.17) is 5.11 Å². The molecule has 1 amide bonds. The van der Waals surface area contributed by atoms with Crippen LogP contribution in [0.5, 0.6) is 0 Å². The van der Waals surface area contributed by atoms with Gasteiger partial charge in [0.25, 0.3) is 0 Å². The van der Waals surface area contributed by atoms with Gasteiger partial charge in [0.05, 0.1) is 12.1 Å². The van der Waals surface area contributed by atoms with Gasteiger partial charge in [-0.3, -0.25) is 9.59 Å². The van der Waals surface area contributed by atoms with Gasteiger partial charge in [-0.25, -0.2) is 0 Å². The van der Waals surface area contributed by atoms with E-state index in [-0.39, 0.29) is 18.4 Å². The molecule has 1 aromatic rings. The predicted octanol–water partition coefficient (Wildman–Crippen LogP) is 0.365. The van der Waals surface area contributed by atoms with E-state index < -0.39 is 12.1 Å². The van der Waals surface area contributed by atoms with Gasteiger partial charge in [-0.2, -0.15) is 0 Å². The monoisotopic (exact) mass is 278 g/mol. The number of anilines is 1. The SMILES string of the molecule is O=C(O)CCc1ccc(NC(=O)C2CC(O)CN2)cc1. The van der Waals surface area contributed by atoms with Gasteiger partial charge in [-0.1, -0.05) is 12.1 Å². The second-order valence-electron chi connectivity index (χ2n) is 4.93. The molecule has 1 fully saturated rings. The summed E-state index contributed by atoms with van der Waals surface area (Å²) in [6.07, 6.45) is 0.516. The molecular weight excluding hydrogens is 260 g/mol. The van der Waals surface area contributed by atoms with Crippen molar-refractivity contribution >= 4 is 17.6 Å².